The Labute approximate surface area is 140 Å². The van der Waals surface area contributed by atoms with Crippen molar-refractivity contribution in [1.29, 1.82) is 5.26 Å². The fourth-order valence-electron chi connectivity index (χ4n) is 2.49. The van der Waals surface area contributed by atoms with E-state index in [4.69, 9.17) is 10.00 Å². The van der Waals surface area contributed by atoms with Crippen molar-refractivity contribution in [3.8, 4) is 22.9 Å². The molecule has 3 aromatic rings. The number of hydrogen-bond acceptors (Lipinski definition) is 3. The van der Waals surface area contributed by atoms with Gasteiger partial charge < -0.3 is 9.30 Å². The standard InChI is InChI=1S/C20H16N2O2/c1-24-19-9-6-17(7-10-19)18-8-11-20(23)22(14-18)13-16-4-2-15(12-21)3-5-16/h2-11,14H,13H2,1H3. The average molecular weight is 316 g/mol. The Hall–Kier alpha value is -3.32. The lowest BCUT2D eigenvalue weighted by atomic mass is 10.1. The number of aromatic nitrogens is 1. The molecule has 0 aliphatic carbocycles. The number of pyridine rings is 1. The zero-order chi connectivity index (χ0) is 16.9. The lowest BCUT2D eigenvalue weighted by Gasteiger charge is -2.09. The molecule has 4 nitrogen and oxygen atoms in total. The number of benzene rings is 2. The summed E-state index contributed by atoms with van der Waals surface area (Å²) in [4.78, 5) is 12.1. The molecule has 24 heavy (non-hydrogen) atoms. The molecular formula is C20H16N2O2. The van der Waals surface area contributed by atoms with Gasteiger partial charge in [-0.05, 0) is 47.0 Å². The fourth-order valence-corrected chi connectivity index (χ4v) is 2.49. The van der Waals surface area contributed by atoms with Crippen LogP contribution in [0, 0.1) is 11.3 Å². The second kappa shape index (κ2) is 6.84. The highest BCUT2D eigenvalue weighted by molar-refractivity contribution is 5.63. The van der Waals surface area contributed by atoms with Gasteiger partial charge in [0.15, 0.2) is 0 Å². The molecule has 0 saturated carbocycles. The van der Waals surface area contributed by atoms with Crippen LogP contribution in [0.4, 0.5) is 0 Å². The highest BCUT2D eigenvalue weighted by atomic mass is 16.5. The summed E-state index contributed by atoms with van der Waals surface area (Å²) < 4.78 is 6.84. The zero-order valence-electron chi connectivity index (χ0n) is 13.3. The van der Waals surface area contributed by atoms with E-state index in [1.165, 1.54) is 0 Å². The SMILES string of the molecule is COc1ccc(-c2ccc(=O)n(Cc3ccc(C#N)cc3)c2)cc1. The molecule has 4 heteroatoms. The van der Waals surface area contributed by atoms with Crippen LogP contribution in [0.25, 0.3) is 11.1 Å². The van der Waals surface area contributed by atoms with Gasteiger partial charge in [-0.25, -0.2) is 0 Å². The molecule has 0 radical (unpaired) electrons. The maximum atomic E-state index is 12.1. The van der Waals surface area contributed by atoms with Crippen LogP contribution in [0.5, 0.6) is 5.75 Å². The van der Waals surface area contributed by atoms with Crippen molar-refractivity contribution in [3.63, 3.8) is 0 Å². The van der Waals surface area contributed by atoms with Gasteiger partial charge in [-0.3, -0.25) is 4.79 Å². The molecule has 2 aromatic carbocycles. The molecule has 3 rings (SSSR count). The smallest absolute Gasteiger partial charge is 0.250 e. The Morgan fingerprint density at radius 2 is 1.62 bits per heavy atom. The van der Waals surface area contributed by atoms with Crippen LogP contribution in [0.15, 0.2) is 71.7 Å². The molecule has 0 bridgehead atoms. The van der Waals surface area contributed by atoms with E-state index in [0.717, 1.165) is 22.4 Å². The van der Waals surface area contributed by atoms with Gasteiger partial charge >= 0.3 is 0 Å². The number of methoxy groups -OCH3 is 1. The summed E-state index contributed by atoms with van der Waals surface area (Å²) in [6.07, 6.45) is 1.85. The summed E-state index contributed by atoms with van der Waals surface area (Å²) in [5.41, 5.74) is 3.51. The number of rotatable bonds is 4. The van der Waals surface area contributed by atoms with Gasteiger partial charge in [-0.2, -0.15) is 5.26 Å². The van der Waals surface area contributed by atoms with E-state index in [9.17, 15) is 4.79 Å². The van der Waals surface area contributed by atoms with Crippen molar-refractivity contribution in [2.75, 3.05) is 7.11 Å². The first kappa shape index (κ1) is 15.6. The highest BCUT2D eigenvalue weighted by Gasteiger charge is 2.03. The van der Waals surface area contributed by atoms with Gasteiger partial charge in [0.25, 0.3) is 5.56 Å². The van der Waals surface area contributed by atoms with E-state index in [-0.39, 0.29) is 5.56 Å². The molecule has 0 spiro atoms. The second-order valence-electron chi connectivity index (χ2n) is 5.42. The maximum absolute atomic E-state index is 12.1. The van der Waals surface area contributed by atoms with E-state index in [1.54, 1.807) is 29.9 Å². The molecule has 0 aliphatic heterocycles. The lowest BCUT2D eigenvalue weighted by molar-refractivity contribution is 0.415. The van der Waals surface area contributed by atoms with Gasteiger partial charge in [0, 0.05) is 12.3 Å². The van der Waals surface area contributed by atoms with Crippen LogP contribution in [0.2, 0.25) is 0 Å². The third-order valence-electron chi connectivity index (χ3n) is 3.84. The van der Waals surface area contributed by atoms with Crippen molar-refractivity contribution >= 4 is 0 Å². The van der Waals surface area contributed by atoms with Crippen LogP contribution >= 0.6 is 0 Å². The van der Waals surface area contributed by atoms with Crippen LogP contribution in [-0.4, -0.2) is 11.7 Å². The monoisotopic (exact) mass is 316 g/mol. The van der Waals surface area contributed by atoms with Crippen molar-refractivity contribution < 1.29 is 4.74 Å². The third-order valence-corrected chi connectivity index (χ3v) is 3.84. The van der Waals surface area contributed by atoms with E-state index in [2.05, 4.69) is 6.07 Å². The quantitative estimate of drug-likeness (QED) is 0.741. The molecule has 0 aliphatic rings. The summed E-state index contributed by atoms with van der Waals surface area (Å²) >= 11 is 0. The van der Waals surface area contributed by atoms with E-state index >= 15 is 0 Å². The minimum Gasteiger partial charge on any atom is -0.497 e. The molecule has 0 saturated heterocycles. The summed E-state index contributed by atoms with van der Waals surface area (Å²) in [6, 6.07) is 20.4. The lowest BCUT2D eigenvalue weighted by Crippen LogP contribution is -2.19. The molecule has 1 aromatic heterocycles. The average Bonchev–Trinajstić information content (AvgIpc) is 2.64. The molecule has 0 fully saturated rings. The van der Waals surface area contributed by atoms with Gasteiger partial charge in [-0.1, -0.05) is 24.3 Å². The number of ether oxygens (including phenoxy) is 1. The van der Waals surface area contributed by atoms with Crippen LogP contribution in [-0.2, 0) is 6.54 Å². The Balaban J connectivity index is 1.90. The predicted octanol–water partition coefficient (Wildman–Crippen LogP) is 3.44. The van der Waals surface area contributed by atoms with Gasteiger partial charge in [0.2, 0.25) is 0 Å². The largest absolute Gasteiger partial charge is 0.497 e. The fraction of sp³-hybridized carbons (Fsp3) is 0.100. The van der Waals surface area contributed by atoms with Crippen molar-refractivity contribution in [2.24, 2.45) is 0 Å². The first-order valence-electron chi connectivity index (χ1n) is 7.53. The van der Waals surface area contributed by atoms with Gasteiger partial charge in [-0.15, -0.1) is 0 Å². The number of nitrogens with zero attached hydrogens (tertiary/aromatic N) is 2. The van der Waals surface area contributed by atoms with Gasteiger partial charge in [0.05, 0.1) is 25.3 Å². The van der Waals surface area contributed by atoms with Crippen molar-refractivity contribution in [3.05, 3.63) is 88.3 Å². The minimum atomic E-state index is -0.0587. The topological polar surface area (TPSA) is 55.0 Å². The first-order chi connectivity index (χ1) is 11.7. The van der Waals surface area contributed by atoms with E-state index in [0.29, 0.717) is 12.1 Å². The highest BCUT2D eigenvalue weighted by Crippen LogP contribution is 2.21. The molecule has 0 N–H and O–H groups in total. The summed E-state index contributed by atoms with van der Waals surface area (Å²) in [5, 5.41) is 8.85. The molecule has 0 atom stereocenters. The van der Waals surface area contributed by atoms with Crippen LogP contribution in [0.3, 0.4) is 0 Å². The summed E-state index contributed by atoms with van der Waals surface area (Å²) in [7, 11) is 1.63. The Bertz CT molecular complexity index is 933. The molecular weight excluding hydrogens is 300 g/mol. The normalized spacial score (nSPS) is 10.2. The van der Waals surface area contributed by atoms with Crippen molar-refractivity contribution in [2.45, 2.75) is 6.54 Å². The number of hydrogen-bond donors (Lipinski definition) is 0. The molecule has 0 unspecified atom stereocenters. The summed E-state index contributed by atoms with van der Waals surface area (Å²) in [6.45, 7) is 0.467. The number of nitriles is 1. The maximum Gasteiger partial charge on any atom is 0.250 e. The molecule has 1 heterocycles. The second-order valence-corrected chi connectivity index (χ2v) is 5.42. The zero-order valence-corrected chi connectivity index (χ0v) is 13.3. The first-order valence-corrected chi connectivity index (χ1v) is 7.53. The van der Waals surface area contributed by atoms with E-state index in [1.807, 2.05) is 48.7 Å². The van der Waals surface area contributed by atoms with Crippen LogP contribution in [0.1, 0.15) is 11.1 Å². The molecule has 0 amide bonds. The Kier molecular flexibility index (Phi) is 4.44. The van der Waals surface area contributed by atoms with E-state index < -0.39 is 0 Å². The molecule has 118 valence electrons. The predicted molar refractivity (Wildman–Crippen MR) is 92.9 cm³/mol. The third kappa shape index (κ3) is 3.36. The Morgan fingerprint density at radius 3 is 2.25 bits per heavy atom. The summed E-state index contributed by atoms with van der Waals surface area (Å²) in [5.74, 6) is 0.796. The van der Waals surface area contributed by atoms with Gasteiger partial charge in [0.1, 0.15) is 5.75 Å². The Morgan fingerprint density at radius 1 is 0.958 bits per heavy atom. The minimum absolute atomic E-state index is 0.0587. The van der Waals surface area contributed by atoms with Crippen molar-refractivity contribution in [1.82, 2.24) is 4.57 Å². The van der Waals surface area contributed by atoms with Crippen LogP contribution < -0.4 is 10.3 Å².